The fourth-order valence-electron chi connectivity index (χ4n) is 5.14. The first-order valence-corrected chi connectivity index (χ1v) is 10.6. The lowest BCUT2D eigenvalue weighted by molar-refractivity contribution is -0.384. The highest BCUT2D eigenvalue weighted by molar-refractivity contribution is 6.37. The molecule has 0 aliphatic heterocycles. The lowest BCUT2D eigenvalue weighted by atomic mass is 9.63. The van der Waals surface area contributed by atoms with Crippen LogP contribution in [0.3, 0.4) is 0 Å². The molecule has 3 nitrogen and oxygen atoms in total. The topological polar surface area (TPSA) is 43.1 Å². The monoisotopic (exact) mass is 415 g/mol. The van der Waals surface area contributed by atoms with Crippen molar-refractivity contribution in [3.8, 4) is 0 Å². The van der Waals surface area contributed by atoms with Crippen molar-refractivity contribution in [2.24, 2.45) is 5.41 Å². The number of nitro benzene ring substituents is 1. The summed E-state index contributed by atoms with van der Waals surface area (Å²) < 4.78 is 0. The number of fused-ring (bicyclic) bond motifs is 5. The van der Waals surface area contributed by atoms with Crippen LogP contribution >= 0.6 is 11.6 Å². The highest BCUT2D eigenvalue weighted by atomic mass is 35.5. The Balaban J connectivity index is 1.68. The van der Waals surface area contributed by atoms with Crippen LogP contribution in [0.25, 0.3) is 21.5 Å². The normalized spacial score (nSPS) is 17.8. The van der Waals surface area contributed by atoms with Crippen LogP contribution in [0, 0.1) is 15.5 Å². The van der Waals surface area contributed by atoms with Gasteiger partial charge in [0.1, 0.15) is 0 Å². The van der Waals surface area contributed by atoms with E-state index in [9.17, 15) is 10.1 Å². The summed E-state index contributed by atoms with van der Waals surface area (Å²) in [5, 5.41) is 16.8. The van der Waals surface area contributed by atoms with E-state index >= 15 is 0 Å². The average Bonchev–Trinajstić information content (AvgIpc) is 2.73. The molecule has 1 atom stereocenters. The fourth-order valence-corrected chi connectivity index (χ4v) is 5.41. The maximum Gasteiger partial charge on any atom is 0.269 e. The van der Waals surface area contributed by atoms with Crippen LogP contribution in [0.2, 0.25) is 5.02 Å². The van der Waals surface area contributed by atoms with Crippen LogP contribution in [-0.4, -0.2) is 4.92 Å². The number of nitro groups is 1. The Bertz CT molecular complexity index is 1330. The molecule has 4 heteroatoms. The first kappa shape index (κ1) is 19.1. The highest BCUT2D eigenvalue weighted by Crippen LogP contribution is 2.48. The minimum Gasteiger partial charge on any atom is -0.258 e. The zero-order chi connectivity index (χ0) is 21.0. The number of hydrogen-bond donors (Lipinski definition) is 0. The summed E-state index contributed by atoms with van der Waals surface area (Å²) >= 11 is 6.66. The van der Waals surface area contributed by atoms with E-state index in [2.05, 4.69) is 50.2 Å². The van der Waals surface area contributed by atoms with Crippen molar-refractivity contribution in [1.82, 2.24) is 0 Å². The molecule has 0 radical (unpaired) electrons. The third-order valence-electron chi connectivity index (χ3n) is 6.68. The van der Waals surface area contributed by atoms with Gasteiger partial charge in [-0.1, -0.05) is 74.0 Å². The number of nitrogens with zero attached hydrogens (tertiary/aromatic N) is 1. The highest BCUT2D eigenvalue weighted by Gasteiger charge is 2.37. The molecule has 0 amide bonds. The molecular weight excluding hydrogens is 394 g/mol. The Labute approximate surface area is 180 Å². The van der Waals surface area contributed by atoms with Crippen molar-refractivity contribution in [1.29, 1.82) is 0 Å². The molecule has 1 unspecified atom stereocenters. The van der Waals surface area contributed by atoms with Crippen molar-refractivity contribution in [2.45, 2.75) is 32.6 Å². The van der Waals surface area contributed by atoms with E-state index in [1.54, 1.807) is 18.2 Å². The minimum absolute atomic E-state index is 0.0331. The van der Waals surface area contributed by atoms with E-state index in [0.29, 0.717) is 0 Å². The molecule has 1 aliphatic rings. The number of halogens is 1. The van der Waals surface area contributed by atoms with Gasteiger partial charge in [0, 0.05) is 22.5 Å². The lowest BCUT2D eigenvalue weighted by Gasteiger charge is -2.40. The van der Waals surface area contributed by atoms with E-state index in [1.807, 2.05) is 12.1 Å². The summed E-state index contributed by atoms with van der Waals surface area (Å²) in [6.45, 7) is 4.53. The SMILES string of the molecule is CC1(C)Cc2c(ccc3c2cc(Cl)c2ccccc23)CC1c1cccc([N+](=O)[O-])c1. The zero-order valence-corrected chi connectivity index (χ0v) is 17.7. The Morgan fingerprint density at radius 3 is 2.43 bits per heavy atom. The molecular formula is C26H22ClNO2. The van der Waals surface area contributed by atoms with E-state index in [1.165, 1.54) is 27.3 Å². The van der Waals surface area contributed by atoms with Crippen LogP contribution in [0.5, 0.6) is 0 Å². The second kappa shape index (κ2) is 6.82. The van der Waals surface area contributed by atoms with Gasteiger partial charge in [0.15, 0.2) is 0 Å². The largest absolute Gasteiger partial charge is 0.269 e. The van der Waals surface area contributed by atoms with E-state index in [-0.39, 0.29) is 21.9 Å². The molecule has 1 aliphatic carbocycles. The fraction of sp³-hybridized carbons (Fsp3) is 0.231. The Morgan fingerprint density at radius 1 is 0.933 bits per heavy atom. The molecule has 4 aromatic carbocycles. The lowest BCUT2D eigenvalue weighted by Crippen LogP contribution is -2.31. The molecule has 0 N–H and O–H groups in total. The molecule has 150 valence electrons. The quantitative estimate of drug-likeness (QED) is 0.193. The van der Waals surface area contributed by atoms with Gasteiger partial charge >= 0.3 is 0 Å². The molecule has 0 saturated carbocycles. The van der Waals surface area contributed by atoms with Crippen molar-refractivity contribution in [3.05, 3.63) is 98.6 Å². The van der Waals surface area contributed by atoms with Crippen LogP contribution in [0.1, 0.15) is 36.5 Å². The first-order chi connectivity index (χ1) is 14.3. The first-order valence-electron chi connectivity index (χ1n) is 10.2. The number of non-ortho nitro benzene ring substituents is 1. The summed E-state index contributed by atoms with van der Waals surface area (Å²) in [7, 11) is 0. The predicted octanol–water partition coefficient (Wildman–Crippen LogP) is 7.46. The molecule has 4 aromatic rings. The van der Waals surface area contributed by atoms with E-state index in [0.717, 1.165) is 28.8 Å². The summed E-state index contributed by atoms with van der Waals surface area (Å²) in [5.41, 5.74) is 3.83. The van der Waals surface area contributed by atoms with E-state index < -0.39 is 0 Å². The maximum absolute atomic E-state index is 11.3. The third-order valence-corrected chi connectivity index (χ3v) is 7.00. The molecule has 0 fully saturated rings. The molecule has 0 bridgehead atoms. The van der Waals surface area contributed by atoms with Crippen LogP contribution < -0.4 is 0 Å². The average molecular weight is 416 g/mol. The van der Waals surface area contributed by atoms with Gasteiger partial charge in [-0.25, -0.2) is 0 Å². The molecule has 5 rings (SSSR count). The molecule has 30 heavy (non-hydrogen) atoms. The van der Waals surface area contributed by atoms with Gasteiger partial charge in [0.05, 0.1) is 4.92 Å². The molecule has 0 aromatic heterocycles. The van der Waals surface area contributed by atoms with Crippen LogP contribution in [0.15, 0.2) is 66.7 Å². The van der Waals surface area contributed by atoms with Gasteiger partial charge in [0.2, 0.25) is 0 Å². The predicted molar refractivity (Wildman–Crippen MR) is 123 cm³/mol. The van der Waals surface area contributed by atoms with Crippen LogP contribution in [0.4, 0.5) is 5.69 Å². The molecule has 0 heterocycles. The molecule has 0 saturated heterocycles. The number of hydrogen-bond acceptors (Lipinski definition) is 2. The second-order valence-corrected chi connectivity index (χ2v) is 9.38. The number of rotatable bonds is 2. The Kier molecular flexibility index (Phi) is 4.33. The Morgan fingerprint density at radius 2 is 1.67 bits per heavy atom. The van der Waals surface area contributed by atoms with Gasteiger partial charge in [-0.05, 0) is 63.1 Å². The van der Waals surface area contributed by atoms with Gasteiger partial charge in [-0.3, -0.25) is 10.1 Å². The van der Waals surface area contributed by atoms with Gasteiger partial charge < -0.3 is 0 Å². The zero-order valence-electron chi connectivity index (χ0n) is 17.0. The minimum atomic E-state index is -0.312. The maximum atomic E-state index is 11.3. The molecule has 0 spiro atoms. The van der Waals surface area contributed by atoms with E-state index in [4.69, 9.17) is 11.6 Å². The summed E-state index contributed by atoms with van der Waals surface area (Å²) in [6.07, 6.45) is 1.77. The third kappa shape index (κ3) is 2.96. The summed E-state index contributed by atoms with van der Waals surface area (Å²) in [4.78, 5) is 11.0. The number of benzene rings is 4. The van der Waals surface area contributed by atoms with Gasteiger partial charge in [-0.2, -0.15) is 0 Å². The van der Waals surface area contributed by atoms with Crippen molar-refractivity contribution in [2.75, 3.05) is 0 Å². The summed E-state index contributed by atoms with van der Waals surface area (Å²) in [5.74, 6) is 0.221. The standard InChI is InChI=1S/C26H22ClNO2/c1-26(2)15-23-16(13-24(26)17-6-5-7-18(12-17)28(29)30)10-11-20-19-8-3-4-9-21(19)25(27)14-22(20)23/h3-12,14,24H,13,15H2,1-2H3. The smallest absolute Gasteiger partial charge is 0.258 e. The second-order valence-electron chi connectivity index (χ2n) is 8.98. The van der Waals surface area contributed by atoms with Crippen molar-refractivity contribution in [3.63, 3.8) is 0 Å². The van der Waals surface area contributed by atoms with Crippen LogP contribution in [-0.2, 0) is 12.8 Å². The van der Waals surface area contributed by atoms with Crippen molar-refractivity contribution >= 4 is 38.8 Å². The van der Waals surface area contributed by atoms with Gasteiger partial charge in [0.25, 0.3) is 5.69 Å². The van der Waals surface area contributed by atoms with Gasteiger partial charge in [-0.15, -0.1) is 0 Å². The Hall–Kier alpha value is -2.91. The summed E-state index contributed by atoms with van der Waals surface area (Å²) in [6, 6.07) is 22.0. The van der Waals surface area contributed by atoms with Crippen molar-refractivity contribution < 1.29 is 4.92 Å².